The zero-order chi connectivity index (χ0) is 22.3. The largest absolute Gasteiger partial charge is 0.444 e. The number of aliphatic imine (C=N–C) groups is 1. The summed E-state index contributed by atoms with van der Waals surface area (Å²) in [6.45, 7) is 13.1. The fourth-order valence-corrected chi connectivity index (χ4v) is 4.29. The number of allylic oxidation sites excluding steroid dienone is 1. The van der Waals surface area contributed by atoms with Gasteiger partial charge in [0, 0.05) is 5.92 Å². The van der Waals surface area contributed by atoms with Crippen LogP contribution in [-0.4, -0.2) is 11.3 Å². The van der Waals surface area contributed by atoms with Crippen molar-refractivity contribution in [2.75, 3.05) is 0 Å². The van der Waals surface area contributed by atoms with E-state index >= 15 is 0 Å². The van der Waals surface area contributed by atoms with Gasteiger partial charge >= 0.3 is 6.18 Å². The fraction of sp³-hybridized carbons (Fsp3) is 0.400. The maximum Gasteiger partial charge on any atom is 0.444 e. The Morgan fingerprint density at radius 2 is 1.50 bits per heavy atom. The molecule has 3 rings (SSSR count). The van der Waals surface area contributed by atoms with Crippen molar-refractivity contribution in [1.82, 2.24) is 0 Å². The second-order valence-electron chi connectivity index (χ2n) is 9.28. The van der Waals surface area contributed by atoms with E-state index in [4.69, 9.17) is 11.6 Å². The van der Waals surface area contributed by atoms with Crippen LogP contribution in [0.4, 0.5) is 18.9 Å². The third-order valence-electron chi connectivity index (χ3n) is 6.19. The normalized spacial score (nSPS) is 19.1. The van der Waals surface area contributed by atoms with Gasteiger partial charge in [-0.2, -0.15) is 13.2 Å². The summed E-state index contributed by atoms with van der Waals surface area (Å²) in [6.07, 6.45) is -0.501. The predicted molar refractivity (Wildman–Crippen MR) is 119 cm³/mol. The summed E-state index contributed by atoms with van der Waals surface area (Å²) in [5, 5.41) is -1.38. The van der Waals surface area contributed by atoms with Gasteiger partial charge in [-0.1, -0.05) is 75.7 Å². The Hall–Kier alpha value is -2.07. The summed E-state index contributed by atoms with van der Waals surface area (Å²) >= 11 is 5.24. The molecule has 0 N–H and O–H groups in total. The minimum absolute atomic E-state index is 0.0627. The first-order valence-corrected chi connectivity index (χ1v) is 10.4. The zero-order valence-electron chi connectivity index (χ0n) is 17.8. The molecule has 160 valence electrons. The minimum Gasteiger partial charge on any atom is -0.232 e. The molecule has 0 aliphatic heterocycles. The molecule has 0 bridgehead atoms. The third kappa shape index (κ3) is 4.49. The Morgan fingerprint density at radius 1 is 0.967 bits per heavy atom. The van der Waals surface area contributed by atoms with Crippen molar-refractivity contribution in [3.63, 3.8) is 0 Å². The van der Waals surface area contributed by atoms with Crippen LogP contribution in [0.2, 0.25) is 0 Å². The predicted octanol–water partition coefficient (Wildman–Crippen LogP) is 8.18. The van der Waals surface area contributed by atoms with Crippen LogP contribution >= 0.6 is 11.6 Å². The third-order valence-corrected chi connectivity index (χ3v) is 6.48. The molecule has 0 amide bonds. The first-order valence-electron chi connectivity index (χ1n) is 10.0. The van der Waals surface area contributed by atoms with Crippen molar-refractivity contribution in [3.8, 4) is 0 Å². The number of alkyl halides is 3. The van der Waals surface area contributed by atoms with Gasteiger partial charge < -0.3 is 0 Å². The molecule has 0 aromatic heterocycles. The van der Waals surface area contributed by atoms with Crippen LogP contribution in [-0.2, 0) is 10.8 Å². The van der Waals surface area contributed by atoms with E-state index < -0.39 is 11.3 Å². The topological polar surface area (TPSA) is 12.4 Å². The average molecular weight is 434 g/mol. The van der Waals surface area contributed by atoms with Crippen molar-refractivity contribution >= 4 is 22.5 Å². The van der Waals surface area contributed by atoms with E-state index in [0.29, 0.717) is 0 Å². The van der Waals surface area contributed by atoms with Gasteiger partial charge in [0.2, 0.25) is 5.17 Å². The van der Waals surface area contributed by atoms with Crippen molar-refractivity contribution in [2.24, 2.45) is 4.99 Å². The van der Waals surface area contributed by atoms with Crippen LogP contribution in [0.15, 0.2) is 60.1 Å². The Balaban J connectivity index is 1.97. The highest BCUT2D eigenvalue weighted by Crippen LogP contribution is 2.46. The lowest BCUT2D eigenvalue weighted by molar-refractivity contribution is -0.0558. The van der Waals surface area contributed by atoms with E-state index in [-0.39, 0.29) is 22.4 Å². The van der Waals surface area contributed by atoms with Crippen LogP contribution in [0.25, 0.3) is 0 Å². The quantitative estimate of drug-likeness (QED) is 0.340. The first kappa shape index (κ1) is 22.6. The number of hydrogen-bond donors (Lipinski definition) is 0. The molecule has 2 aromatic rings. The lowest BCUT2D eigenvalue weighted by Crippen LogP contribution is -2.34. The number of nitrogens with zero attached hydrogens (tertiary/aromatic N) is 1. The molecule has 1 nitrogen and oxygen atoms in total. The molecule has 0 heterocycles. The summed E-state index contributed by atoms with van der Waals surface area (Å²) in [5.41, 5.74) is 5.22. The van der Waals surface area contributed by atoms with Crippen LogP contribution < -0.4 is 0 Å². The number of fused-ring (bicyclic) bond motifs is 1. The van der Waals surface area contributed by atoms with E-state index in [1.54, 1.807) is 24.3 Å². The van der Waals surface area contributed by atoms with Crippen LogP contribution in [0, 0.1) is 0 Å². The van der Waals surface area contributed by atoms with Gasteiger partial charge in [0.1, 0.15) is 0 Å². The molecule has 30 heavy (non-hydrogen) atoms. The summed E-state index contributed by atoms with van der Waals surface area (Å²) in [5.74, 6) is -0.0627. The Labute approximate surface area is 181 Å². The molecule has 0 radical (unpaired) electrons. The van der Waals surface area contributed by atoms with Gasteiger partial charge in [-0.25, -0.2) is 4.99 Å². The van der Waals surface area contributed by atoms with Crippen molar-refractivity contribution < 1.29 is 13.2 Å². The first-order chi connectivity index (χ1) is 13.8. The average Bonchev–Trinajstić information content (AvgIpc) is 2.67. The van der Waals surface area contributed by atoms with Crippen molar-refractivity contribution in [2.45, 2.75) is 63.5 Å². The highest BCUT2D eigenvalue weighted by molar-refractivity contribution is 6.67. The van der Waals surface area contributed by atoms with E-state index in [2.05, 4.69) is 57.5 Å². The molecule has 0 spiro atoms. The zero-order valence-corrected chi connectivity index (χ0v) is 18.5. The van der Waals surface area contributed by atoms with E-state index in [1.807, 2.05) is 6.08 Å². The summed E-state index contributed by atoms with van der Waals surface area (Å²) < 4.78 is 37.8. The molecule has 0 fully saturated rings. The maximum atomic E-state index is 12.6. The van der Waals surface area contributed by atoms with Crippen molar-refractivity contribution in [1.29, 1.82) is 0 Å². The molecule has 5 heteroatoms. The van der Waals surface area contributed by atoms with Gasteiger partial charge in [-0.15, -0.1) is 6.58 Å². The second-order valence-corrected chi connectivity index (χ2v) is 9.64. The summed E-state index contributed by atoms with van der Waals surface area (Å²) in [4.78, 5) is 3.45. The van der Waals surface area contributed by atoms with Crippen LogP contribution in [0.3, 0.4) is 0 Å². The van der Waals surface area contributed by atoms with E-state index in [1.165, 1.54) is 11.1 Å². The number of benzene rings is 2. The lowest BCUT2D eigenvalue weighted by Gasteiger charge is -2.42. The molecule has 1 aliphatic carbocycles. The van der Waals surface area contributed by atoms with E-state index in [0.717, 1.165) is 24.0 Å². The number of hydrogen-bond acceptors (Lipinski definition) is 1. The van der Waals surface area contributed by atoms with Gasteiger partial charge in [0.05, 0.1) is 5.69 Å². The minimum atomic E-state index is -4.65. The van der Waals surface area contributed by atoms with Crippen LogP contribution in [0.1, 0.15) is 68.7 Å². The lowest BCUT2D eigenvalue weighted by atomic mass is 9.62. The molecule has 1 atom stereocenters. The molecule has 1 aliphatic rings. The smallest absolute Gasteiger partial charge is 0.232 e. The molecule has 0 saturated heterocycles. The Morgan fingerprint density at radius 3 is 2.03 bits per heavy atom. The highest BCUT2D eigenvalue weighted by Gasteiger charge is 2.37. The molecular formula is C25H27ClF3N. The Kier molecular flexibility index (Phi) is 5.94. The molecule has 0 saturated carbocycles. The fourth-order valence-electron chi connectivity index (χ4n) is 4.20. The monoisotopic (exact) mass is 433 g/mol. The Bertz CT molecular complexity index is 969. The molecule has 1 unspecified atom stereocenters. The van der Waals surface area contributed by atoms with Crippen LogP contribution in [0.5, 0.6) is 0 Å². The number of halogens is 4. The van der Waals surface area contributed by atoms with Crippen molar-refractivity contribution in [3.05, 3.63) is 77.4 Å². The second kappa shape index (κ2) is 7.88. The van der Waals surface area contributed by atoms with Gasteiger partial charge in [0.15, 0.2) is 0 Å². The van der Waals surface area contributed by atoms with Gasteiger partial charge in [-0.05, 0) is 58.1 Å². The summed E-state index contributed by atoms with van der Waals surface area (Å²) in [7, 11) is 0. The number of rotatable bonds is 4. The summed E-state index contributed by atoms with van der Waals surface area (Å²) in [6, 6.07) is 13.3. The van der Waals surface area contributed by atoms with Gasteiger partial charge in [0.25, 0.3) is 0 Å². The standard InChI is InChI=1S/C25H27ClF3N/c1-6-19(16-7-10-18(11-8-16)30-22(26)25(27,28)29)17-9-12-20-21(15-17)24(4,5)14-13-23(20,2)3/h6-12,15,19H,1,13-14H2,2-5H3/b30-22+. The SMILES string of the molecule is C=CC(c1ccc(/N=C(/Cl)C(F)(F)F)cc1)c1ccc2c(c1)C(C)(C)CCC2(C)C. The highest BCUT2D eigenvalue weighted by atomic mass is 35.5. The maximum absolute atomic E-state index is 12.6. The van der Waals surface area contributed by atoms with Gasteiger partial charge in [-0.3, -0.25) is 0 Å². The molecular weight excluding hydrogens is 407 g/mol. The molecule has 2 aromatic carbocycles. The van der Waals surface area contributed by atoms with E-state index in [9.17, 15) is 13.2 Å².